The second-order valence-corrected chi connectivity index (χ2v) is 10.2. The van der Waals surface area contributed by atoms with Gasteiger partial charge in [-0.15, -0.1) is 0 Å². The monoisotopic (exact) mass is 536 g/mol. The van der Waals surface area contributed by atoms with Crippen molar-refractivity contribution in [1.29, 1.82) is 0 Å². The third kappa shape index (κ3) is 4.38. The highest BCUT2D eigenvalue weighted by molar-refractivity contribution is 7.99. The summed E-state index contributed by atoms with van der Waals surface area (Å²) in [7, 11) is 0. The van der Waals surface area contributed by atoms with E-state index < -0.39 is 17.5 Å². The SMILES string of the molecule is O=C(NN1CCOc2ccccc21)c1cnc2c(-c3cc(F)cc(F)c3F)cccc2c1N1CCSCC1. The standard InChI is InChI=1S/C28H23F3N4O2S/c29-17-14-20(25(31)22(30)15-17)18-4-3-5-19-26(18)32-16-21(27(19)34-9-12-38-13-10-34)28(36)33-35-8-11-37-24-7-2-1-6-23(24)35/h1-7,14-16H,8-13H2,(H,33,36). The van der Waals surface area contributed by atoms with Crippen molar-refractivity contribution in [1.82, 2.24) is 10.4 Å². The number of halogens is 3. The Morgan fingerprint density at radius 3 is 2.63 bits per heavy atom. The molecule has 0 atom stereocenters. The molecule has 1 aromatic heterocycles. The van der Waals surface area contributed by atoms with Gasteiger partial charge in [0.15, 0.2) is 11.6 Å². The normalized spacial score (nSPS) is 15.2. The van der Waals surface area contributed by atoms with E-state index in [1.165, 1.54) is 6.20 Å². The van der Waals surface area contributed by atoms with Crippen molar-refractivity contribution in [2.45, 2.75) is 0 Å². The smallest absolute Gasteiger partial charge is 0.273 e. The van der Waals surface area contributed by atoms with Crippen LogP contribution in [0.25, 0.3) is 22.0 Å². The minimum atomic E-state index is -1.27. The molecule has 0 saturated carbocycles. The summed E-state index contributed by atoms with van der Waals surface area (Å²) in [5.41, 5.74) is 5.15. The predicted molar refractivity (Wildman–Crippen MR) is 143 cm³/mol. The first kappa shape index (κ1) is 24.4. The van der Waals surface area contributed by atoms with E-state index in [1.807, 2.05) is 36.0 Å². The number of hydrogen-bond acceptors (Lipinski definition) is 6. The van der Waals surface area contributed by atoms with Crippen LogP contribution in [0.3, 0.4) is 0 Å². The number of aromatic nitrogens is 1. The van der Waals surface area contributed by atoms with Gasteiger partial charge in [-0.25, -0.2) is 13.2 Å². The van der Waals surface area contributed by atoms with E-state index in [2.05, 4.69) is 15.3 Å². The summed E-state index contributed by atoms with van der Waals surface area (Å²) in [5, 5.41) is 2.36. The van der Waals surface area contributed by atoms with Crippen LogP contribution in [0.15, 0.2) is 60.8 Å². The van der Waals surface area contributed by atoms with Crippen LogP contribution in [-0.4, -0.2) is 48.6 Å². The highest BCUT2D eigenvalue weighted by Crippen LogP contribution is 2.38. The molecule has 0 unspecified atom stereocenters. The van der Waals surface area contributed by atoms with Gasteiger partial charge in [-0.3, -0.25) is 20.2 Å². The zero-order chi connectivity index (χ0) is 26.2. The van der Waals surface area contributed by atoms with Gasteiger partial charge in [0.2, 0.25) is 0 Å². The van der Waals surface area contributed by atoms with E-state index in [-0.39, 0.29) is 17.0 Å². The molecule has 2 aliphatic rings. The predicted octanol–water partition coefficient (Wildman–Crippen LogP) is 5.42. The fraction of sp³-hybridized carbons (Fsp3) is 0.214. The lowest BCUT2D eigenvalue weighted by Crippen LogP contribution is -2.47. The van der Waals surface area contributed by atoms with Gasteiger partial charge in [-0.05, 0) is 18.2 Å². The van der Waals surface area contributed by atoms with E-state index in [0.717, 1.165) is 23.3 Å². The number of anilines is 2. The van der Waals surface area contributed by atoms with Crippen molar-refractivity contribution in [3.05, 3.63) is 83.8 Å². The molecular weight excluding hydrogens is 513 g/mol. The zero-order valence-corrected chi connectivity index (χ0v) is 21.0. The van der Waals surface area contributed by atoms with Crippen molar-refractivity contribution in [3.63, 3.8) is 0 Å². The summed E-state index contributed by atoms with van der Waals surface area (Å²) in [5.74, 6) is -1.21. The molecule has 38 heavy (non-hydrogen) atoms. The van der Waals surface area contributed by atoms with E-state index in [4.69, 9.17) is 4.74 Å². The molecule has 10 heteroatoms. The lowest BCUT2D eigenvalue weighted by Gasteiger charge is -2.33. The first-order valence-corrected chi connectivity index (χ1v) is 13.4. The van der Waals surface area contributed by atoms with Crippen molar-refractivity contribution >= 4 is 39.9 Å². The molecule has 4 aromatic rings. The van der Waals surface area contributed by atoms with Crippen LogP contribution in [-0.2, 0) is 0 Å². The number of hydrazine groups is 1. The molecular formula is C28H23F3N4O2S. The van der Waals surface area contributed by atoms with Crippen molar-refractivity contribution in [3.8, 4) is 16.9 Å². The largest absolute Gasteiger partial charge is 0.489 e. The van der Waals surface area contributed by atoms with Crippen LogP contribution in [0.5, 0.6) is 5.75 Å². The Kier molecular flexibility index (Phi) is 6.49. The number of carbonyl (C=O) groups excluding carboxylic acids is 1. The Morgan fingerprint density at radius 1 is 0.974 bits per heavy atom. The number of carbonyl (C=O) groups is 1. The number of nitrogens with zero attached hydrogens (tertiary/aromatic N) is 3. The maximum atomic E-state index is 14.8. The maximum absolute atomic E-state index is 14.8. The highest BCUT2D eigenvalue weighted by Gasteiger charge is 2.27. The number of ether oxygens (including phenoxy) is 1. The molecule has 1 amide bonds. The number of pyridine rings is 1. The average molecular weight is 537 g/mol. The van der Waals surface area contributed by atoms with E-state index in [0.29, 0.717) is 60.2 Å². The molecule has 6 rings (SSSR count). The van der Waals surface area contributed by atoms with E-state index >= 15 is 0 Å². The topological polar surface area (TPSA) is 57.7 Å². The van der Waals surface area contributed by atoms with Gasteiger partial charge in [0.25, 0.3) is 5.91 Å². The third-order valence-electron chi connectivity index (χ3n) is 6.69. The Hall–Kier alpha value is -3.92. The van der Waals surface area contributed by atoms with Gasteiger partial charge in [-0.1, -0.05) is 30.3 Å². The van der Waals surface area contributed by atoms with Crippen LogP contribution < -0.4 is 20.1 Å². The maximum Gasteiger partial charge on any atom is 0.273 e. The Bertz CT molecular complexity index is 1540. The lowest BCUT2D eigenvalue weighted by molar-refractivity contribution is 0.0945. The third-order valence-corrected chi connectivity index (χ3v) is 7.63. The van der Waals surface area contributed by atoms with Crippen LogP contribution in [0.2, 0.25) is 0 Å². The van der Waals surface area contributed by atoms with Gasteiger partial charge >= 0.3 is 0 Å². The molecule has 0 spiro atoms. The second-order valence-electron chi connectivity index (χ2n) is 8.98. The Labute approximate surface area is 221 Å². The van der Waals surface area contributed by atoms with Gasteiger partial charge in [0.1, 0.15) is 18.2 Å². The van der Waals surface area contributed by atoms with Gasteiger partial charge in [0.05, 0.1) is 29.0 Å². The van der Waals surface area contributed by atoms with Gasteiger partial charge < -0.3 is 9.64 Å². The minimum absolute atomic E-state index is 0.220. The molecule has 0 radical (unpaired) electrons. The quantitative estimate of drug-likeness (QED) is 0.352. The van der Waals surface area contributed by atoms with E-state index in [1.54, 1.807) is 23.2 Å². The summed E-state index contributed by atoms with van der Waals surface area (Å²) < 4.78 is 48.6. The zero-order valence-electron chi connectivity index (χ0n) is 20.2. The number of benzene rings is 3. The van der Waals surface area contributed by atoms with E-state index in [9.17, 15) is 18.0 Å². The molecule has 3 heterocycles. The highest BCUT2D eigenvalue weighted by atomic mass is 32.2. The number of hydrogen-bond donors (Lipinski definition) is 1. The molecule has 0 aliphatic carbocycles. The van der Waals surface area contributed by atoms with Crippen molar-refractivity contribution < 1.29 is 22.7 Å². The Balaban J connectivity index is 1.47. The second kappa shape index (κ2) is 10.1. The minimum Gasteiger partial charge on any atom is -0.489 e. The number of fused-ring (bicyclic) bond motifs is 2. The fourth-order valence-corrected chi connectivity index (χ4v) is 5.84. The first-order chi connectivity index (χ1) is 18.5. The van der Waals surface area contributed by atoms with Crippen LogP contribution in [0, 0.1) is 17.5 Å². The molecule has 1 fully saturated rings. The number of para-hydroxylation sites is 3. The summed E-state index contributed by atoms with van der Waals surface area (Å²) >= 11 is 1.83. The van der Waals surface area contributed by atoms with Crippen LogP contribution in [0.1, 0.15) is 10.4 Å². The number of nitrogens with one attached hydrogen (secondary N) is 1. The summed E-state index contributed by atoms with van der Waals surface area (Å²) in [6.07, 6.45) is 1.46. The fourth-order valence-electron chi connectivity index (χ4n) is 4.94. The molecule has 1 saturated heterocycles. The average Bonchev–Trinajstić information content (AvgIpc) is 2.94. The summed E-state index contributed by atoms with van der Waals surface area (Å²) in [6, 6.07) is 14.0. The Morgan fingerprint density at radius 2 is 1.79 bits per heavy atom. The van der Waals surface area contributed by atoms with Crippen molar-refractivity contribution in [2.75, 3.05) is 47.7 Å². The molecule has 194 valence electrons. The van der Waals surface area contributed by atoms with Crippen molar-refractivity contribution in [2.24, 2.45) is 0 Å². The number of thioether (sulfide) groups is 1. The molecule has 3 aromatic carbocycles. The number of amides is 1. The molecule has 1 N–H and O–H groups in total. The molecule has 0 bridgehead atoms. The van der Waals surface area contributed by atoms with Crippen LogP contribution in [0.4, 0.5) is 24.5 Å². The van der Waals surface area contributed by atoms with Gasteiger partial charge in [0, 0.05) is 53.4 Å². The van der Waals surface area contributed by atoms with Gasteiger partial charge in [-0.2, -0.15) is 11.8 Å². The first-order valence-electron chi connectivity index (χ1n) is 12.2. The van der Waals surface area contributed by atoms with Crippen LogP contribution >= 0.6 is 11.8 Å². The lowest BCUT2D eigenvalue weighted by atomic mass is 9.98. The summed E-state index contributed by atoms with van der Waals surface area (Å²) in [6.45, 7) is 2.30. The molecule has 6 nitrogen and oxygen atoms in total. The number of rotatable bonds is 4. The molecule has 2 aliphatic heterocycles. The summed E-state index contributed by atoms with van der Waals surface area (Å²) in [4.78, 5) is 20.3.